The fourth-order valence-corrected chi connectivity index (χ4v) is 3.00. The third-order valence-corrected chi connectivity index (χ3v) is 5.08. The Bertz CT molecular complexity index is 946. The summed E-state index contributed by atoms with van der Waals surface area (Å²) in [6, 6.07) is 1.96. The highest BCUT2D eigenvalue weighted by Crippen LogP contribution is 2.35. The van der Waals surface area contributed by atoms with E-state index in [1.54, 1.807) is 37.0 Å². The van der Waals surface area contributed by atoms with Crippen LogP contribution < -0.4 is 11.1 Å². The molecular weight excluding hydrogens is 429 g/mol. The maximum atomic E-state index is 14.4. The Morgan fingerprint density at radius 2 is 1.91 bits per heavy atom. The first-order chi connectivity index (χ1) is 15.0. The van der Waals surface area contributed by atoms with Gasteiger partial charge in [-0.3, -0.25) is 10.1 Å². The number of nitro groups is 1. The lowest BCUT2D eigenvalue weighted by atomic mass is 10.1. The lowest BCUT2D eigenvalue weighted by Crippen LogP contribution is -2.25. The fraction of sp³-hybridized carbons (Fsp3) is 0.348. The zero-order valence-electron chi connectivity index (χ0n) is 19.8. The molecule has 0 amide bonds. The maximum Gasteiger partial charge on any atom is 0.277 e. The van der Waals surface area contributed by atoms with Gasteiger partial charge >= 0.3 is 0 Å². The van der Waals surface area contributed by atoms with Gasteiger partial charge in [-0.25, -0.2) is 9.37 Å². The molecule has 0 fully saturated rings. The zero-order chi connectivity index (χ0) is 24.8. The predicted octanol–water partition coefficient (Wildman–Crippen LogP) is 6.25. The van der Waals surface area contributed by atoms with Gasteiger partial charge in [-0.1, -0.05) is 18.2 Å². The molecule has 1 atom stereocenters. The molecule has 2 rings (SSSR count). The number of imidazole rings is 1. The van der Waals surface area contributed by atoms with Crippen LogP contribution in [0.1, 0.15) is 53.1 Å². The molecule has 9 heteroatoms. The molecular formula is C23H34FN5O2S. The molecule has 32 heavy (non-hydrogen) atoms. The normalized spacial score (nSPS) is 10.9. The van der Waals surface area contributed by atoms with Gasteiger partial charge in [0.2, 0.25) is 0 Å². The zero-order valence-corrected chi connectivity index (χ0v) is 20.7. The maximum absolute atomic E-state index is 14.4. The number of aromatic nitrogens is 2. The summed E-state index contributed by atoms with van der Waals surface area (Å²) < 4.78 is 16.1. The van der Waals surface area contributed by atoms with Gasteiger partial charge in [-0.15, -0.1) is 6.58 Å². The van der Waals surface area contributed by atoms with Crippen molar-refractivity contribution in [3.8, 4) is 0 Å². The molecule has 2 aromatic rings. The molecule has 1 aromatic heterocycles. The van der Waals surface area contributed by atoms with Crippen molar-refractivity contribution in [2.45, 2.75) is 57.6 Å². The van der Waals surface area contributed by atoms with Gasteiger partial charge in [0, 0.05) is 19.4 Å². The molecule has 3 N–H and O–H groups in total. The Hall–Kier alpha value is -3.07. The Morgan fingerprint density at radius 3 is 2.31 bits per heavy atom. The molecule has 1 aromatic carbocycles. The minimum Gasteiger partial charge on any atom is -0.386 e. The summed E-state index contributed by atoms with van der Waals surface area (Å²) in [5.41, 5.74) is 6.81. The van der Waals surface area contributed by atoms with Crippen molar-refractivity contribution in [1.82, 2.24) is 14.9 Å². The van der Waals surface area contributed by atoms with Crippen molar-refractivity contribution in [2.24, 2.45) is 12.8 Å². The van der Waals surface area contributed by atoms with Gasteiger partial charge < -0.3 is 15.6 Å². The van der Waals surface area contributed by atoms with Crippen LogP contribution in [-0.4, -0.2) is 14.5 Å². The number of aryl methyl sites for hydroxylation is 1. The van der Waals surface area contributed by atoms with E-state index in [-0.39, 0.29) is 10.6 Å². The monoisotopic (exact) mass is 463 g/mol. The number of allylic oxidation sites excluding steroid dienone is 4. The van der Waals surface area contributed by atoms with E-state index in [0.717, 1.165) is 23.4 Å². The van der Waals surface area contributed by atoms with Crippen molar-refractivity contribution < 1.29 is 9.31 Å². The van der Waals surface area contributed by atoms with Crippen LogP contribution in [0.3, 0.4) is 0 Å². The average molecular weight is 464 g/mol. The first kappa shape index (κ1) is 28.9. The summed E-state index contributed by atoms with van der Waals surface area (Å²) in [5.74, 6) is -0.227. The van der Waals surface area contributed by atoms with Gasteiger partial charge in [-0.05, 0) is 64.9 Å². The number of halogens is 1. The van der Waals surface area contributed by atoms with Gasteiger partial charge in [0.05, 0.1) is 33.3 Å². The van der Waals surface area contributed by atoms with E-state index in [1.165, 1.54) is 6.07 Å². The summed E-state index contributed by atoms with van der Waals surface area (Å²) in [5, 5.41) is 14.9. The number of nitro benzene ring substituents is 1. The summed E-state index contributed by atoms with van der Waals surface area (Å²) >= 11 is 1.11. The molecule has 0 bridgehead atoms. The molecule has 0 saturated heterocycles. The standard InChI is InChI=1S/C16H20FN5O2S.C4H8.C3H6/c1-9(2)15(18)20-10(3)11-7-14(12(17)8-13(11)22(23)24)25-16-19-5-6-21(16)4;1-3-4-2;1-3-2/h5-8,10,20H,18H2,1-4H3;3-4H,1-2H3;3H,1H2,2H3/b;4-3-;. The lowest BCUT2D eigenvalue weighted by molar-refractivity contribution is -0.386. The molecule has 0 radical (unpaired) electrons. The predicted molar refractivity (Wildman–Crippen MR) is 131 cm³/mol. The molecule has 0 spiro atoms. The Kier molecular flexibility index (Phi) is 13.4. The van der Waals surface area contributed by atoms with Crippen LogP contribution in [0.25, 0.3) is 0 Å². The number of nitrogens with two attached hydrogens (primary N) is 1. The average Bonchev–Trinajstić information content (AvgIpc) is 3.14. The molecule has 7 nitrogen and oxygen atoms in total. The second-order valence-electron chi connectivity index (χ2n) is 6.88. The number of benzene rings is 1. The van der Waals surface area contributed by atoms with Crippen molar-refractivity contribution in [3.63, 3.8) is 0 Å². The first-order valence-corrected chi connectivity index (χ1v) is 10.8. The van der Waals surface area contributed by atoms with E-state index in [2.05, 4.69) is 16.9 Å². The number of nitrogens with zero attached hydrogens (tertiary/aromatic N) is 3. The molecule has 176 valence electrons. The lowest BCUT2D eigenvalue weighted by Gasteiger charge is -2.18. The Labute approximate surface area is 194 Å². The highest BCUT2D eigenvalue weighted by atomic mass is 32.2. The third kappa shape index (κ3) is 9.38. The minimum absolute atomic E-state index is 0.263. The molecule has 0 saturated carbocycles. The van der Waals surface area contributed by atoms with E-state index in [9.17, 15) is 14.5 Å². The van der Waals surface area contributed by atoms with Gasteiger partial charge in [0.15, 0.2) is 5.16 Å². The molecule has 1 unspecified atom stereocenters. The van der Waals surface area contributed by atoms with E-state index >= 15 is 0 Å². The van der Waals surface area contributed by atoms with E-state index < -0.39 is 16.8 Å². The second kappa shape index (κ2) is 14.9. The largest absolute Gasteiger partial charge is 0.386 e. The van der Waals surface area contributed by atoms with Crippen LogP contribution in [0.15, 0.2) is 70.8 Å². The first-order valence-electron chi connectivity index (χ1n) is 10.0. The summed E-state index contributed by atoms with van der Waals surface area (Å²) in [4.78, 5) is 15.1. The van der Waals surface area contributed by atoms with Gasteiger partial charge in [0.25, 0.3) is 5.69 Å². The fourth-order valence-electron chi connectivity index (χ4n) is 2.15. The minimum atomic E-state index is -0.661. The van der Waals surface area contributed by atoms with Crippen LogP contribution in [0.4, 0.5) is 10.1 Å². The summed E-state index contributed by atoms with van der Waals surface area (Å²) in [6.45, 7) is 14.7. The number of rotatable bonds is 6. The van der Waals surface area contributed by atoms with Crippen LogP contribution in [0, 0.1) is 15.9 Å². The van der Waals surface area contributed by atoms with E-state index in [1.807, 2.05) is 46.8 Å². The smallest absolute Gasteiger partial charge is 0.277 e. The van der Waals surface area contributed by atoms with Crippen molar-refractivity contribution in [3.05, 3.63) is 82.2 Å². The second-order valence-corrected chi connectivity index (χ2v) is 7.89. The van der Waals surface area contributed by atoms with Crippen LogP contribution >= 0.6 is 11.8 Å². The SMILES string of the molecule is C/C=C\C.C=CC.CC(C)=C(N)NC(C)c1cc(Sc2nccn2C)c(F)cc1[N+](=O)[O-]. The Balaban J connectivity index is 0.00000121. The molecule has 0 aliphatic rings. The van der Waals surface area contributed by atoms with Crippen molar-refractivity contribution >= 4 is 17.4 Å². The highest BCUT2D eigenvalue weighted by Gasteiger charge is 2.24. The van der Waals surface area contributed by atoms with Crippen LogP contribution in [0.2, 0.25) is 0 Å². The number of nitrogens with one attached hydrogen (secondary N) is 1. The van der Waals surface area contributed by atoms with E-state index in [4.69, 9.17) is 5.73 Å². The molecule has 0 aliphatic carbocycles. The van der Waals surface area contributed by atoms with E-state index in [0.29, 0.717) is 16.5 Å². The van der Waals surface area contributed by atoms with Crippen LogP contribution in [-0.2, 0) is 7.05 Å². The summed E-state index contributed by atoms with van der Waals surface area (Å²) in [6.07, 6.45) is 9.10. The number of hydrogen-bond acceptors (Lipinski definition) is 6. The number of hydrogen-bond donors (Lipinski definition) is 2. The third-order valence-electron chi connectivity index (χ3n) is 3.97. The van der Waals surface area contributed by atoms with Crippen molar-refractivity contribution in [1.29, 1.82) is 0 Å². The molecule has 1 heterocycles. The van der Waals surface area contributed by atoms with Crippen LogP contribution in [0.5, 0.6) is 0 Å². The molecule has 0 aliphatic heterocycles. The van der Waals surface area contributed by atoms with Gasteiger partial charge in [0.1, 0.15) is 5.82 Å². The summed E-state index contributed by atoms with van der Waals surface area (Å²) in [7, 11) is 1.79. The Morgan fingerprint density at radius 1 is 1.34 bits per heavy atom. The van der Waals surface area contributed by atoms with Gasteiger partial charge in [-0.2, -0.15) is 0 Å². The quantitative estimate of drug-likeness (QED) is 0.298. The van der Waals surface area contributed by atoms with Crippen molar-refractivity contribution in [2.75, 3.05) is 0 Å². The highest BCUT2D eigenvalue weighted by molar-refractivity contribution is 7.99. The topological polar surface area (TPSA) is 99.0 Å².